The minimum absolute atomic E-state index is 0.307. The van der Waals surface area contributed by atoms with E-state index in [9.17, 15) is 4.79 Å². The molecule has 3 aliphatic heterocycles. The van der Waals surface area contributed by atoms with Crippen LogP contribution >= 0.6 is 0 Å². The van der Waals surface area contributed by atoms with Crippen LogP contribution in [0.4, 0.5) is 0 Å². The molecule has 4 rings (SSSR count). The van der Waals surface area contributed by atoms with Crippen molar-refractivity contribution in [3.8, 4) is 0 Å². The average Bonchev–Trinajstić information content (AvgIpc) is 3.40. The van der Waals surface area contributed by atoms with Gasteiger partial charge in [0.05, 0.1) is 6.61 Å². The van der Waals surface area contributed by atoms with Gasteiger partial charge in [0.1, 0.15) is 0 Å². The second-order valence-electron chi connectivity index (χ2n) is 8.23. The molecule has 1 aromatic rings. The summed E-state index contributed by atoms with van der Waals surface area (Å²) in [6, 6.07) is 4.18. The standard InChI is InChI=1S/C21H32N4O2/c26-21(7-13-25-9-2-14-27-25)24-12-6-20(17-24)19-4-10-23(11-5-19)16-18-3-1-8-22-15-18/h1,3,8,15,19-20H,2,4-7,9-14,16-17H2/t20-/m1/s1. The van der Waals surface area contributed by atoms with E-state index >= 15 is 0 Å². The molecule has 0 radical (unpaired) electrons. The predicted octanol–water partition coefficient (Wildman–Crippen LogP) is 2.17. The lowest BCUT2D eigenvalue weighted by molar-refractivity contribution is -0.138. The van der Waals surface area contributed by atoms with Gasteiger partial charge in [-0.15, -0.1) is 0 Å². The summed E-state index contributed by atoms with van der Waals surface area (Å²) in [5.74, 6) is 1.77. The van der Waals surface area contributed by atoms with Gasteiger partial charge in [-0.1, -0.05) is 6.07 Å². The molecule has 0 aromatic carbocycles. The summed E-state index contributed by atoms with van der Waals surface area (Å²) in [6.45, 7) is 7.76. The van der Waals surface area contributed by atoms with Crippen LogP contribution in [0.15, 0.2) is 24.5 Å². The molecule has 4 heterocycles. The Balaban J connectivity index is 1.18. The van der Waals surface area contributed by atoms with Gasteiger partial charge in [-0.25, -0.2) is 0 Å². The second-order valence-corrected chi connectivity index (χ2v) is 8.23. The van der Waals surface area contributed by atoms with Crippen molar-refractivity contribution in [2.75, 3.05) is 45.9 Å². The number of nitrogens with zero attached hydrogens (tertiary/aromatic N) is 4. The first-order chi connectivity index (χ1) is 13.3. The van der Waals surface area contributed by atoms with Crippen LogP contribution in [0.2, 0.25) is 0 Å². The molecular formula is C21H32N4O2. The average molecular weight is 373 g/mol. The Bertz CT molecular complexity index is 597. The van der Waals surface area contributed by atoms with Crippen molar-refractivity contribution in [1.29, 1.82) is 0 Å². The third-order valence-electron chi connectivity index (χ3n) is 6.41. The third-order valence-corrected chi connectivity index (χ3v) is 6.41. The maximum absolute atomic E-state index is 12.5. The summed E-state index contributed by atoms with van der Waals surface area (Å²) in [6.07, 6.45) is 9.18. The van der Waals surface area contributed by atoms with Gasteiger partial charge in [0.25, 0.3) is 0 Å². The number of hydroxylamine groups is 2. The third kappa shape index (κ3) is 5.06. The highest BCUT2D eigenvalue weighted by atomic mass is 16.7. The molecule has 1 aromatic heterocycles. The number of carbonyl (C=O) groups is 1. The summed E-state index contributed by atoms with van der Waals surface area (Å²) in [7, 11) is 0. The molecule has 3 aliphatic rings. The van der Waals surface area contributed by atoms with Gasteiger partial charge in [0, 0.05) is 51.5 Å². The number of hydrogen-bond donors (Lipinski definition) is 0. The van der Waals surface area contributed by atoms with Gasteiger partial charge >= 0.3 is 0 Å². The monoisotopic (exact) mass is 372 g/mol. The zero-order chi connectivity index (χ0) is 18.5. The van der Waals surface area contributed by atoms with Crippen LogP contribution in [0.25, 0.3) is 0 Å². The normalized spacial score (nSPS) is 25.3. The summed E-state index contributed by atoms with van der Waals surface area (Å²) in [5, 5.41) is 1.95. The number of pyridine rings is 1. The Morgan fingerprint density at radius 3 is 2.74 bits per heavy atom. The van der Waals surface area contributed by atoms with Gasteiger partial charge in [-0.2, -0.15) is 5.06 Å². The lowest BCUT2D eigenvalue weighted by Gasteiger charge is -2.34. The maximum atomic E-state index is 12.5. The number of aromatic nitrogens is 1. The highest BCUT2D eigenvalue weighted by Crippen LogP contribution is 2.32. The van der Waals surface area contributed by atoms with Crippen LogP contribution < -0.4 is 0 Å². The van der Waals surface area contributed by atoms with E-state index in [0.29, 0.717) is 18.2 Å². The van der Waals surface area contributed by atoms with Gasteiger partial charge in [-0.3, -0.25) is 19.5 Å². The minimum atomic E-state index is 0.307. The molecule has 3 fully saturated rings. The highest BCUT2D eigenvalue weighted by Gasteiger charge is 2.33. The zero-order valence-electron chi connectivity index (χ0n) is 16.3. The van der Waals surface area contributed by atoms with E-state index in [1.165, 1.54) is 24.8 Å². The highest BCUT2D eigenvalue weighted by molar-refractivity contribution is 5.76. The van der Waals surface area contributed by atoms with Crippen LogP contribution in [0, 0.1) is 11.8 Å². The molecule has 27 heavy (non-hydrogen) atoms. The summed E-state index contributed by atoms with van der Waals surface area (Å²) >= 11 is 0. The van der Waals surface area contributed by atoms with Crippen LogP contribution in [0.5, 0.6) is 0 Å². The van der Waals surface area contributed by atoms with E-state index in [4.69, 9.17) is 4.84 Å². The Hall–Kier alpha value is -1.50. The SMILES string of the molecule is O=C(CCN1CCCO1)N1CC[C@@H](C2CCN(Cc3cccnc3)CC2)C1. The molecule has 1 atom stereocenters. The molecule has 0 N–H and O–H groups in total. The van der Waals surface area contributed by atoms with Crippen LogP contribution in [0.1, 0.15) is 37.7 Å². The van der Waals surface area contributed by atoms with E-state index in [-0.39, 0.29) is 0 Å². The largest absolute Gasteiger partial charge is 0.342 e. The van der Waals surface area contributed by atoms with Crippen LogP contribution in [-0.2, 0) is 16.2 Å². The molecule has 6 heteroatoms. The van der Waals surface area contributed by atoms with Crippen LogP contribution in [0.3, 0.4) is 0 Å². The van der Waals surface area contributed by atoms with Gasteiger partial charge in [0.15, 0.2) is 0 Å². The number of piperidine rings is 1. The molecule has 1 amide bonds. The number of amides is 1. The Kier molecular flexibility index (Phi) is 6.37. The molecule has 3 saturated heterocycles. The second kappa shape index (κ2) is 9.13. The molecule has 0 spiro atoms. The molecule has 0 saturated carbocycles. The fraction of sp³-hybridized carbons (Fsp3) is 0.714. The van der Waals surface area contributed by atoms with E-state index in [1.807, 2.05) is 23.5 Å². The van der Waals surface area contributed by atoms with Gasteiger partial charge < -0.3 is 4.90 Å². The van der Waals surface area contributed by atoms with Crippen molar-refractivity contribution in [3.63, 3.8) is 0 Å². The number of hydrogen-bond acceptors (Lipinski definition) is 5. The van der Waals surface area contributed by atoms with Gasteiger partial charge in [0.2, 0.25) is 5.91 Å². The Morgan fingerprint density at radius 1 is 1.15 bits per heavy atom. The predicted molar refractivity (Wildman–Crippen MR) is 104 cm³/mol. The first kappa shape index (κ1) is 18.8. The first-order valence-electron chi connectivity index (χ1n) is 10.5. The molecule has 0 bridgehead atoms. The van der Waals surface area contributed by atoms with E-state index in [1.54, 1.807) is 0 Å². The smallest absolute Gasteiger partial charge is 0.223 e. The van der Waals surface area contributed by atoms with E-state index in [0.717, 1.165) is 64.8 Å². The van der Waals surface area contributed by atoms with Crippen molar-refractivity contribution in [3.05, 3.63) is 30.1 Å². The lowest BCUT2D eigenvalue weighted by atomic mass is 9.83. The molecule has 0 aliphatic carbocycles. The van der Waals surface area contributed by atoms with E-state index in [2.05, 4.69) is 20.9 Å². The number of likely N-dealkylation sites (tertiary alicyclic amines) is 2. The fourth-order valence-electron chi connectivity index (χ4n) is 4.78. The van der Waals surface area contributed by atoms with Crippen molar-refractivity contribution < 1.29 is 9.63 Å². The summed E-state index contributed by atoms with van der Waals surface area (Å²) in [5.41, 5.74) is 1.30. The van der Waals surface area contributed by atoms with Crippen molar-refractivity contribution in [2.45, 2.75) is 38.6 Å². The minimum Gasteiger partial charge on any atom is -0.342 e. The molecular weight excluding hydrogens is 340 g/mol. The van der Waals surface area contributed by atoms with E-state index < -0.39 is 0 Å². The van der Waals surface area contributed by atoms with Crippen LogP contribution in [-0.4, -0.2) is 71.6 Å². The topological polar surface area (TPSA) is 48.9 Å². The molecule has 6 nitrogen and oxygen atoms in total. The van der Waals surface area contributed by atoms with Crippen molar-refractivity contribution >= 4 is 5.91 Å². The van der Waals surface area contributed by atoms with Crippen molar-refractivity contribution in [2.24, 2.45) is 11.8 Å². The Morgan fingerprint density at radius 2 is 2.00 bits per heavy atom. The Labute approximate surface area is 162 Å². The van der Waals surface area contributed by atoms with Crippen molar-refractivity contribution in [1.82, 2.24) is 19.8 Å². The number of carbonyl (C=O) groups excluding carboxylic acids is 1. The lowest BCUT2D eigenvalue weighted by Crippen LogP contribution is -2.37. The first-order valence-corrected chi connectivity index (χ1v) is 10.5. The maximum Gasteiger partial charge on any atom is 0.223 e. The molecule has 0 unspecified atom stereocenters. The summed E-state index contributed by atoms with van der Waals surface area (Å²) in [4.78, 5) is 26.9. The summed E-state index contributed by atoms with van der Waals surface area (Å²) < 4.78 is 0. The van der Waals surface area contributed by atoms with Gasteiger partial charge in [-0.05, 0) is 62.2 Å². The quantitative estimate of drug-likeness (QED) is 0.766. The fourth-order valence-corrected chi connectivity index (χ4v) is 4.78. The molecule has 148 valence electrons. The number of rotatable bonds is 6. The zero-order valence-corrected chi connectivity index (χ0v) is 16.3.